The van der Waals surface area contributed by atoms with E-state index in [0.717, 1.165) is 23.3 Å². The van der Waals surface area contributed by atoms with Gasteiger partial charge in [-0.1, -0.05) is 6.07 Å². The van der Waals surface area contributed by atoms with Crippen LogP contribution in [0.4, 0.5) is 0 Å². The molecule has 3 rings (SSSR count). The van der Waals surface area contributed by atoms with Crippen LogP contribution in [0.5, 0.6) is 5.88 Å². The highest BCUT2D eigenvalue weighted by Gasteiger charge is 2.06. The van der Waals surface area contributed by atoms with Crippen LogP contribution in [-0.2, 0) is 6.42 Å². The highest BCUT2D eigenvalue weighted by atomic mass is 79.9. The van der Waals surface area contributed by atoms with Gasteiger partial charge in [0.2, 0.25) is 10.6 Å². The second-order valence-electron chi connectivity index (χ2n) is 4.05. The molecule has 0 N–H and O–H groups in total. The predicted molar refractivity (Wildman–Crippen MR) is 74.3 cm³/mol. The van der Waals surface area contributed by atoms with Crippen molar-refractivity contribution in [3.63, 3.8) is 0 Å². The standard InChI is InChI=1S/C13H11BrN4O/c1-19-12-8-9(5-6-15-12)7-10-3-2-4-11-16-13(14)17-18(10)11/h2-6,8H,7H2,1H3. The van der Waals surface area contributed by atoms with Crippen molar-refractivity contribution in [2.24, 2.45) is 0 Å². The average molecular weight is 319 g/mol. The zero-order chi connectivity index (χ0) is 13.2. The summed E-state index contributed by atoms with van der Waals surface area (Å²) in [4.78, 5) is 8.38. The van der Waals surface area contributed by atoms with E-state index in [1.807, 2.05) is 34.8 Å². The second kappa shape index (κ2) is 4.97. The molecule has 0 spiro atoms. The minimum Gasteiger partial charge on any atom is -0.481 e. The third-order valence-electron chi connectivity index (χ3n) is 2.81. The summed E-state index contributed by atoms with van der Waals surface area (Å²) in [5, 5.41) is 4.33. The number of halogens is 1. The molecule has 0 bridgehead atoms. The highest BCUT2D eigenvalue weighted by molar-refractivity contribution is 9.10. The van der Waals surface area contributed by atoms with E-state index in [2.05, 4.69) is 31.0 Å². The van der Waals surface area contributed by atoms with Crippen LogP contribution in [0, 0.1) is 0 Å². The van der Waals surface area contributed by atoms with Gasteiger partial charge in [0, 0.05) is 24.4 Å². The summed E-state index contributed by atoms with van der Waals surface area (Å²) in [6, 6.07) is 9.82. The van der Waals surface area contributed by atoms with Crippen LogP contribution in [0.2, 0.25) is 0 Å². The van der Waals surface area contributed by atoms with Gasteiger partial charge in [0.25, 0.3) is 0 Å². The highest BCUT2D eigenvalue weighted by Crippen LogP contribution is 2.15. The van der Waals surface area contributed by atoms with Gasteiger partial charge in [-0.3, -0.25) is 0 Å². The Morgan fingerprint density at radius 1 is 1.32 bits per heavy atom. The number of fused-ring (bicyclic) bond motifs is 1. The molecule has 0 aliphatic heterocycles. The van der Waals surface area contributed by atoms with E-state index in [1.54, 1.807) is 13.3 Å². The fraction of sp³-hybridized carbons (Fsp3) is 0.154. The van der Waals surface area contributed by atoms with Gasteiger partial charge in [-0.15, -0.1) is 5.10 Å². The number of hydrogen-bond donors (Lipinski definition) is 0. The van der Waals surface area contributed by atoms with Gasteiger partial charge >= 0.3 is 0 Å². The Balaban J connectivity index is 2.00. The summed E-state index contributed by atoms with van der Waals surface area (Å²) in [7, 11) is 1.61. The van der Waals surface area contributed by atoms with Gasteiger partial charge in [-0.05, 0) is 39.7 Å². The van der Waals surface area contributed by atoms with Gasteiger partial charge in [0.15, 0.2) is 5.65 Å². The first-order valence-electron chi connectivity index (χ1n) is 5.75. The molecule has 0 unspecified atom stereocenters. The number of rotatable bonds is 3. The summed E-state index contributed by atoms with van der Waals surface area (Å²) in [6.45, 7) is 0. The molecule has 5 nitrogen and oxygen atoms in total. The maximum absolute atomic E-state index is 5.13. The second-order valence-corrected chi connectivity index (χ2v) is 4.76. The largest absolute Gasteiger partial charge is 0.481 e. The number of aromatic nitrogens is 4. The third kappa shape index (κ3) is 2.44. The summed E-state index contributed by atoms with van der Waals surface area (Å²) < 4.78 is 7.55. The molecular formula is C13H11BrN4O. The normalized spacial score (nSPS) is 10.8. The molecule has 96 valence electrons. The van der Waals surface area contributed by atoms with E-state index in [-0.39, 0.29) is 0 Å². The fourth-order valence-electron chi connectivity index (χ4n) is 1.95. The van der Waals surface area contributed by atoms with Crippen molar-refractivity contribution in [3.8, 4) is 5.88 Å². The van der Waals surface area contributed by atoms with Gasteiger partial charge in [-0.2, -0.15) is 0 Å². The van der Waals surface area contributed by atoms with Crippen LogP contribution in [0.15, 0.2) is 41.3 Å². The zero-order valence-electron chi connectivity index (χ0n) is 10.2. The lowest BCUT2D eigenvalue weighted by Gasteiger charge is -2.05. The Morgan fingerprint density at radius 2 is 2.21 bits per heavy atom. The van der Waals surface area contributed by atoms with Crippen molar-refractivity contribution in [2.45, 2.75) is 6.42 Å². The average Bonchev–Trinajstić information content (AvgIpc) is 2.80. The van der Waals surface area contributed by atoms with E-state index in [4.69, 9.17) is 4.74 Å². The van der Waals surface area contributed by atoms with E-state index < -0.39 is 0 Å². The summed E-state index contributed by atoms with van der Waals surface area (Å²) in [6.07, 6.45) is 2.48. The number of ether oxygens (including phenoxy) is 1. The maximum Gasteiger partial charge on any atom is 0.218 e. The van der Waals surface area contributed by atoms with Crippen molar-refractivity contribution in [2.75, 3.05) is 7.11 Å². The van der Waals surface area contributed by atoms with E-state index in [0.29, 0.717) is 10.6 Å². The Bertz CT molecular complexity index is 725. The molecule has 3 aromatic rings. The lowest BCUT2D eigenvalue weighted by molar-refractivity contribution is 0.397. The van der Waals surface area contributed by atoms with Crippen molar-refractivity contribution >= 4 is 21.6 Å². The van der Waals surface area contributed by atoms with Crippen molar-refractivity contribution in [3.05, 3.63) is 52.5 Å². The minimum absolute atomic E-state index is 0.590. The van der Waals surface area contributed by atoms with Gasteiger partial charge < -0.3 is 4.74 Å². The lowest BCUT2D eigenvalue weighted by atomic mass is 10.1. The molecule has 0 aromatic carbocycles. The Kier molecular flexibility index (Phi) is 3.16. The molecule has 0 amide bonds. The first kappa shape index (κ1) is 12.1. The molecule has 0 fully saturated rings. The number of pyridine rings is 2. The van der Waals surface area contributed by atoms with Crippen molar-refractivity contribution < 1.29 is 4.74 Å². The fourth-order valence-corrected chi connectivity index (χ4v) is 2.29. The molecule has 3 aromatic heterocycles. The van der Waals surface area contributed by atoms with E-state index >= 15 is 0 Å². The van der Waals surface area contributed by atoms with Crippen molar-refractivity contribution in [1.29, 1.82) is 0 Å². The van der Waals surface area contributed by atoms with E-state index in [9.17, 15) is 0 Å². The van der Waals surface area contributed by atoms with Crippen LogP contribution in [0.3, 0.4) is 0 Å². The number of nitrogens with zero attached hydrogens (tertiary/aromatic N) is 4. The van der Waals surface area contributed by atoms with Gasteiger partial charge in [0.1, 0.15) is 0 Å². The molecule has 6 heteroatoms. The Morgan fingerprint density at radius 3 is 3.05 bits per heavy atom. The van der Waals surface area contributed by atoms with E-state index in [1.165, 1.54) is 0 Å². The first-order valence-corrected chi connectivity index (χ1v) is 6.54. The van der Waals surface area contributed by atoms with Gasteiger partial charge in [-0.25, -0.2) is 14.5 Å². The third-order valence-corrected chi connectivity index (χ3v) is 3.14. The van der Waals surface area contributed by atoms with Crippen LogP contribution in [0.25, 0.3) is 5.65 Å². The van der Waals surface area contributed by atoms with Crippen LogP contribution >= 0.6 is 15.9 Å². The quantitative estimate of drug-likeness (QED) is 0.744. The SMILES string of the molecule is COc1cc(Cc2cccc3nc(Br)nn23)ccn1. The number of methoxy groups -OCH3 is 1. The monoisotopic (exact) mass is 318 g/mol. The minimum atomic E-state index is 0.590. The lowest BCUT2D eigenvalue weighted by Crippen LogP contribution is -2.00. The molecular weight excluding hydrogens is 308 g/mol. The Hall–Kier alpha value is -1.95. The molecule has 0 saturated carbocycles. The van der Waals surface area contributed by atoms with Crippen LogP contribution < -0.4 is 4.74 Å². The van der Waals surface area contributed by atoms with Crippen molar-refractivity contribution in [1.82, 2.24) is 19.6 Å². The predicted octanol–water partition coefficient (Wildman–Crippen LogP) is 2.49. The van der Waals surface area contributed by atoms with Crippen LogP contribution in [-0.4, -0.2) is 26.7 Å². The summed E-state index contributed by atoms with van der Waals surface area (Å²) in [5.74, 6) is 0.615. The molecule has 0 radical (unpaired) electrons. The molecule has 3 heterocycles. The Labute approximate surface area is 118 Å². The first-order chi connectivity index (χ1) is 9.26. The summed E-state index contributed by atoms with van der Waals surface area (Å²) >= 11 is 3.29. The summed E-state index contributed by atoms with van der Waals surface area (Å²) in [5.41, 5.74) is 3.00. The molecule has 0 aliphatic carbocycles. The zero-order valence-corrected chi connectivity index (χ0v) is 11.8. The molecule has 0 saturated heterocycles. The van der Waals surface area contributed by atoms with Crippen LogP contribution in [0.1, 0.15) is 11.3 Å². The number of hydrogen-bond acceptors (Lipinski definition) is 4. The smallest absolute Gasteiger partial charge is 0.218 e. The topological polar surface area (TPSA) is 52.3 Å². The van der Waals surface area contributed by atoms with Gasteiger partial charge in [0.05, 0.1) is 7.11 Å². The molecule has 19 heavy (non-hydrogen) atoms. The molecule has 0 aliphatic rings. The molecule has 0 atom stereocenters. The maximum atomic E-state index is 5.13.